The predicted molar refractivity (Wildman–Crippen MR) is 124 cm³/mol. The molecule has 0 bridgehead atoms. The molecule has 0 radical (unpaired) electrons. The van der Waals surface area contributed by atoms with Gasteiger partial charge >= 0.3 is 0 Å². The highest BCUT2D eigenvalue weighted by atomic mass is 16.5. The van der Waals surface area contributed by atoms with E-state index in [2.05, 4.69) is 0 Å². The van der Waals surface area contributed by atoms with Gasteiger partial charge in [0.1, 0.15) is 23.4 Å². The van der Waals surface area contributed by atoms with Gasteiger partial charge in [0.05, 0.1) is 11.6 Å². The van der Waals surface area contributed by atoms with E-state index in [1.807, 2.05) is 26.0 Å². The molecule has 2 atom stereocenters. The minimum absolute atomic E-state index is 0.00524. The number of aliphatic hydroxyl groups excluding tert-OH is 1. The van der Waals surface area contributed by atoms with E-state index in [-0.39, 0.29) is 23.2 Å². The Labute approximate surface area is 191 Å². The Hall–Kier alpha value is -4.06. The van der Waals surface area contributed by atoms with Crippen molar-refractivity contribution in [1.82, 2.24) is 0 Å². The first kappa shape index (κ1) is 20.8. The first-order valence-electron chi connectivity index (χ1n) is 10.8. The number of aryl methyl sites for hydroxylation is 1. The van der Waals surface area contributed by atoms with E-state index in [1.54, 1.807) is 42.5 Å². The van der Waals surface area contributed by atoms with Gasteiger partial charge in [-0.05, 0) is 67.4 Å². The predicted octanol–water partition coefficient (Wildman–Crippen LogP) is 4.65. The van der Waals surface area contributed by atoms with Crippen LogP contribution in [0.25, 0.3) is 5.76 Å². The third-order valence-corrected chi connectivity index (χ3v) is 6.11. The van der Waals surface area contributed by atoms with Gasteiger partial charge in [0.25, 0.3) is 11.7 Å². The van der Waals surface area contributed by atoms with Gasteiger partial charge in [0, 0.05) is 17.7 Å². The fraction of sp³-hybridized carbons (Fsp3) is 0.185. The van der Waals surface area contributed by atoms with E-state index in [9.17, 15) is 19.8 Å². The smallest absolute Gasteiger partial charge is 0.300 e. The molecule has 3 aromatic carbocycles. The van der Waals surface area contributed by atoms with E-state index < -0.39 is 17.7 Å². The molecular weight excluding hydrogens is 418 g/mol. The standard InChI is InChI=1S/C27H23NO5/c1-15-6-9-20(10-7-15)28-24(17-4-3-5-21(29)14-17)23(26(31)27(28)32)25(30)18-8-11-22-19(13-18)12-16(2)33-22/h3-11,13-14,16,24,29-30H,12H2,1-2H3/b25-23-. The van der Waals surface area contributed by atoms with E-state index >= 15 is 0 Å². The molecule has 0 saturated carbocycles. The topological polar surface area (TPSA) is 87.1 Å². The van der Waals surface area contributed by atoms with Crippen LogP contribution in [0.4, 0.5) is 5.69 Å². The normalized spacial score (nSPS) is 21.2. The molecule has 5 rings (SSSR count). The van der Waals surface area contributed by atoms with Crippen LogP contribution in [0.15, 0.2) is 72.3 Å². The van der Waals surface area contributed by atoms with Crippen molar-refractivity contribution in [1.29, 1.82) is 0 Å². The summed E-state index contributed by atoms with van der Waals surface area (Å²) in [5.41, 5.74) is 3.43. The van der Waals surface area contributed by atoms with Crippen molar-refractivity contribution in [2.24, 2.45) is 0 Å². The number of amides is 1. The molecule has 0 spiro atoms. The Morgan fingerprint density at radius 2 is 1.79 bits per heavy atom. The maximum Gasteiger partial charge on any atom is 0.300 e. The molecule has 33 heavy (non-hydrogen) atoms. The number of ether oxygens (including phenoxy) is 1. The lowest BCUT2D eigenvalue weighted by Crippen LogP contribution is -2.29. The highest BCUT2D eigenvalue weighted by molar-refractivity contribution is 6.51. The summed E-state index contributed by atoms with van der Waals surface area (Å²) in [5.74, 6) is -0.994. The molecule has 0 aliphatic carbocycles. The number of Topliss-reactive ketones (excluding diaryl/α,β-unsaturated/α-hetero) is 1. The van der Waals surface area contributed by atoms with Gasteiger partial charge in [0.2, 0.25) is 0 Å². The van der Waals surface area contributed by atoms with Crippen molar-refractivity contribution in [3.8, 4) is 11.5 Å². The zero-order chi connectivity index (χ0) is 23.3. The third-order valence-electron chi connectivity index (χ3n) is 6.11. The molecule has 2 heterocycles. The summed E-state index contributed by atoms with van der Waals surface area (Å²) in [6, 6.07) is 18.0. The number of carbonyl (C=O) groups excluding carboxylic acids is 2. The van der Waals surface area contributed by atoms with Gasteiger partial charge in [-0.2, -0.15) is 0 Å². The molecule has 2 aliphatic rings. The number of aliphatic hydroxyl groups is 1. The van der Waals surface area contributed by atoms with Crippen molar-refractivity contribution in [3.05, 3.63) is 94.6 Å². The van der Waals surface area contributed by atoms with Crippen LogP contribution in [0, 0.1) is 6.92 Å². The van der Waals surface area contributed by atoms with Crippen LogP contribution in [0.1, 0.15) is 35.2 Å². The second-order valence-corrected chi connectivity index (χ2v) is 8.55. The maximum atomic E-state index is 13.2. The number of benzene rings is 3. The minimum atomic E-state index is -0.886. The number of hydrogen-bond donors (Lipinski definition) is 2. The lowest BCUT2D eigenvalue weighted by atomic mass is 9.94. The first-order valence-corrected chi connectivity index (χ1v) is 10.8. The molecule has 6 nitrogen and oxygen atoms in total. The first-order chi connectivity index (χ1) is 15.8. The number of nitrogens with zero attached hydrogens (tertiary/aromatic N) is 1. The largest absolute Gasteiger partial charge is 0.508 e. The Bertz CT molecular complexity index is 1310. The molecule has 2 unspecified atom stereocenters. The van der Waals surface area contributed by atoms with Crippen LogP contribution in [0.3, 0.4) is 0 Å². The van der Waals surface area contributed by atoms with Gasteiger partial charge in [0.15, 0.2) is 0 Å². The summed E-state index contributed by atoms with van der Waals surface area (Å²) < 4.78 is 5.74. The van der Waals surface area contributed by atoms with E-state index in [4.69, 9.17) is 4.74 Å². The monoisotopic (exact) mass is 441 g/mol. The Morgan fingerprint density at radius 1 is 1.03 bits per heavy atom. The van der Waals surface area contributed by atoms with E-state index in [1.165, 1.54) is 17.0 Å². The maximum absolute atomic E-state index is 13.2. The number of fused-ring (bicyclic) bond motifs is 1. The zero-order valence-corrected chi connectivity index (χ0v) is 18.3. The number of phenols is 1. The lowest BCUT2D eigenvalue weighted by Gasteiger charge is -2.25. The molecule has 6 heteroatoms. The fourth-order valence-electron chi connectivity index (χ4n) is 4.54. The van der Waals surface area contributed by atoms with Gasteiger partial charge in [-0.15, -0.1) is 0 Å². The molecule has 2 aliphatic heterocycles. The van der Waals surface area contributed by atoms with Gasteiger partial charge in [-0.1, -0.05) is 29.8 Å². The molecule has 166 valence electrons. The summed E-state index contributed by atoms with van der Waals surface area (Å²) >= 11 is 0. The Morgan fingerprint density at radius 3 is 2.52 bits per heavy atom. The van der Waals surface area contributed by atoms with Gasteiger partial charge in [-0.3, -0.25) is 14.5 Å². The lowest BCUT2D eigenvalue weighted by molar-refractivity contribution is -0.132. The second kappa shape index (κ2) is 7.81. The van der Waals surface area contributed by atoms with Gasteiger partial charge < -0.3 is 14.9 Å². The fourth-order valence-corrected chi connectivity index (χ4v) is 4.54. The highest BCUT2D eigenvalue weighted by Crippen LogP contribution is 2.43. The number of hydrogen-bond acceptors (Lipinski definition) is 5. The molecule has 1 fully saturated rings. The Kier molecular flexibility index (Phi) is 4.93. The highest BCUT2D eigenvalue weighted by Gasteiger charge is 2.47. The summed E-state index contributed by atoms with van der Waals surface area (Å²) in [5, 5.41) is 21.4. The zero-order valence-electron chi connectivity index (χ0n) is 18.3. The molecule has 3 aromatic rings. The van der Waals surface area contributed by atoms with Crippen LogP contribution in [-0.4, -0.2) is 28.0 Å². The number of carbonyl (C=O) groups is 2. The number of phenolic OH excluding ortho intramolecular Hbond substituents is 1. The van der Waals surface area contributed by atoms with Crippen LogP contribution < -0.4 is 9.64 Å². The number of ketones is 1. The third kappa shape index (κ3) is 3.53. The molecule has 0 aromatic heterocycles. The minimum Gasteiger partial charge on any atom is -0.508 e. The van der Waals surface area contributed by atoms with Gasteiger partial charge in [-0.25, -0.2) is 0 Å². The van der Waals surface area contributed by atoms with Crippen LogP contribution in [0.5, 0.6) is 11.5 Å². The van der Waals surface area contributed by atoms with Crippen LogP contribution in [-0.2, 0) is 16.0 Å². The second-order valence-electron chi connectivity index (χ2n) is 8.55. The Balaban J connectivity index is 1.69. The van der Waals surface area contributed by atoms with Crippen molar-refractivity contribution < 1.29 is 24.5 Å². The van der Waals surface area contributed by atoms with Crippen molar-refractivity contribution in [2.45, 2.75) is 32.4 Å². The summed E-state index contributed by atoms with van der Waals surface area (Å²) in [6.07, 6.45) is 0.737. The number of rotatable bonds is 3. The summed E-state index contributed by atoms with van der Waals surface area (Å²) in [7, 11) is 0. The van der Waals surface area contributed by atoms with Crippen LogP contribution >= 0.6 is 0 Å². The van der Waals surface area contributed by atoms with Crippen molar-refractivity contribution in [3.63, 3.8) is 0 Å². The SMILES string of the molecule is Cc1ccc(N2C(=O)C(=O)/C(=C(\O)c3ccc4c(c3)CC(C)O4)C2c2cccc(O)c2)cc1. The average Bonchev–Trinajstić information content (AvgIpc) is 3.29. The van der Waals surface area contributed by atoms with Crippen molar-refractivity contribution >= 4 is 23.1 Å². The van der Waals surface area contributed by atoms with Crippen LogP contribution in [0.2, 0.25) is 0 Å². The summed E-state index contributed by atoms with van der Waals surface area (Å²) in [6.45, 7) is 3.90. The molecule has 1 saturated heterocycles. The average molecular weight is 441 g/mol. The molecular formula is C27H23NO5. The summed E-state index contributed by atoms with van der Waals surface area (Å²) in [4.78, 5) is 27.8. The van der Waals surface area contributed by atoms with E-state index in [0.717, 1.165) is 16.9 Å². The quantitative estimate of drug-likeness (QED) is 0.351. The van der Waals surface area contributed by atoms with Crippen molar-refractivity contribution in [2.75, 3.05) is 4.90 Å². The number of anilines is 1. The molecule has 2 N–H and O–H groups in total. The van der Waals surface area contributed by atoms with E-state index in [0.29, 0.717) is 23.2 Å². The number of aromatic hydroxyl groups is 1. The molecule has 1 amide bonds.